The van der Waals surface area contributed by atoms with Crippen LogP contribution < -0.4 is 11.1 Å². The third kappa shape index (κ3) is 7.40. The highest BCUT2D eigenvalue weighted by Gasteiger charge is 2.22. The second-order valence-electron chi connectivity index (χ2n) is 10.6. The highest BCUT2D eigenvalue weighted by molar-refractivity contribution is 7.17. The number of fused-ring (bicyclic) bond motifs is 2. The van der Waals surface area contributed by atoms with Crippen LogP contribution in [0.25, 0.3) is 42.7 Å². The summed E-state index contributed by atoms with van der Waals surface area (Å²) in [6, 6.07) is 23.5. The molecular formula is C35H27N7O6S2. The van der Waals surface area contributed by atoms with Crippen molar-refractivity contribution in [3.05, 3.63) is 116 Å². The van der Waals surface area contributed by atoms with Crippen molar-refractivity contribution in [3.8, 4) is 34.4 Å². The number of carboxylic acid groups (broad SMARTS) is 2. The number of benzene rings is 2. The zero-order chi connectivity index (χ0) is 35.8. The summed E-state index contributed by atoms with van der Waals surface area (Å²) in [5.74, 6) is -2.81. The van der Waals surface area contributed by atoms with Crippen molar-refractivity contribution >= 4 is 55.0 Å². The summed E-state index contributed by atoms with van der Waals surface area (Å²) in [7, 11) is 0. The predicted octanol–water partition coefficient (Wildman–Crippen LogP) is 4.95. The largest absolute Gasteiger partial charge is 0.473 e. The zero-order valence-electron chi connectivity index (χ0n) is 26.2. The Labute approximate surface area is 292 Å². The molecule has 0 saturated heterocycles. The summed E-state index contributed by atoms with van der Waals surface area (Å²) in [4.78, 5) is 58.6. The van der Waals surface area contributed by atoms with E-state index in [1.54, 1.807) is 6.08 Å². The molecule has 0 fully saturated rings. The third-order valence-electron chi connectivity index (χ3n) is 7.47. The molecule has 0 bridgehead atoms. The Morgan fingerprint density at radius 1 is 0.760 bits per heavy atom. The second-order valence-corrected chi connectivity index (χ2v) is 12.3. The quantitative estimate of drug-likeness (QED) is 0.145. The van der Waals surface area contributed by atoms with Crippen LogP contribution in [0.3, 0.4) is 0 Å². The van der Waals surface area contributed by atoms with Crippen LogP contribution in [-0.2, 0) is 35.8 Å². The number of rotatable bonds is 10. The molecule has 0 radical (unpaired) electrons. The van der Waals surface area contributed by atoms with Crippen molar-refractivity contribution in [2.45, 2.75) is 26.2 Å². The maximum atomic E-state index is 13.8. The van der Waals surface area contributed by atoms with Crippen molar-refractivity contribution in [1.29, 1.82) is 10.5 Å². The molecule has 250 valence electrons. The summed E-state index contributed by atoms with van der Waals surface area (Å²) in [5.41, 5.74) is 2.82. The Balaban J connectivity index is 0.000000745. The van der Waals surface area contributed by atoms with Gasteiger partial charge in [0.25, 0.3) is 11.1 Å². The van der Waals surface area contributed by atoms with Gasteiger partial charge in [0.1, 0.15) is 34.4 Å². The van der Waals surface area contributed by atoms with E-state index in [0.717, 1.165) is 22.3 Å². The zero-order valence-corrected chi connectivity index (χ0v) is 27.9. The molecule has 6 aromatic rings. The second kappa shape index (κ2) is 15.8. The highest BCUT2D eigenvalue weighted by Crippen LogP contribution is 2.32. The number of hydrogen-bond acceptors (Lipinski definition) is 11. The average Bonchev–Trinajstić information content (AvgIpc) is 3.74. The lowest BCUT2D eigenvalue weighted by Crippen LogP contribution is -2.33. The van der Waals surface area contributed by atoms with Crippen LogP contribution in [0.1, 0.15) is 11.6 Å². The van der Waals surface area contributed by atoms with Gasteiger partial charge in [-0.15, -0.1) is 29.3 Å². The van der Waals surface area contributed by atoms with Gasteiger partial charge in [-0.05, 0) is 11.1 Å². The van der Waals surface area contributed by atoms with Crippen LogP contribution in [0.5, 0.6) is 0 Å². The first-order valence-corrected chi connectivity index (χ1v) is 16.6. The van der Waals surface area contributed by atoms with Crippen LogP contribution >= 0.6 is 22.7 Å². The summed E-state index contributed by atoms with van der Waals surface area (Å²) >= 11 is 2.77. The predicted molar refractivity (Wildman–Crippen MR) is 189 cm³/mol. The molecule has 0 spiro atoms. The molecular weight excluding hydrogens is 679 g/mol. The fourth-order valence-electron chi connectivity index (χ4n) is 5.27. The molecule has 6 rings (SSSR count). The summed E-state index contributed by atoms with van der Waals surface area (Å²) in [6.45, 7) is 4.34. The van der Waals surface area contributed by atoms with Crippen LogP contribution in [0.2, 0.25) is 0 Å². The Morgan fingerprint density at radius 3 is 1.50 bits per heavy atom. The number of nitrogens with zero attached hydrogens (tertiary/aromatic N) is 7. The highest BCUT2D eigenvalue weighted by atomic mass is 32.1. The number of carbonyl (C=O) groups is 2. The average molecular weight is 706 g/mol. The summed E-state index contributed by atoms with van der Waals surface area (Å²) < 4.78 is 2.81. The lowest BCUT2D eigenvalue weighted by Gasteiger charge is -2.22. The molecule has 15 heteroatoms. The van der Waals surface area contributed by atoms with Gasteiger partial charge in [-0.3, -0.25) is 23.6 Å². The normalized spacial score (nSPS) is 10.7. The number of nitriles is 2. The number of aliphatic carboxylic acids is 2. The minimum atomic E-state index is -1.82. The van der Waals surface area contributed by atoms with Crippen LogP contribution in [0.15, 0.2) is 93.7 Å². The van der Waals surface area contributed by atoms with Gasteiger partial charge in [0.05, 0.1) is 36.0 Å². The molecule has 2 aromatic carbocycles. The van der Waals surface area contributed by atoms with E-state index < -0.39 is 11.9 Å². The lowest BCUT2D eigenvalue weighted by molar-refractivity contribution is -0.159. The van der Waals surface area contributed by atoms with Crippen LogP contribution in [0.4, 0.5) is 0 Å². The fraction of sp³-hybridized carbons (Fsp3) is 0.143. The lowest BCUT2D eigenvalue weighted by atomic mass is 10.1. The molecule has 0 amide bonds. The monoisotopic (exact) mass is 705 g/mol. The van der Waals surface area contributed by atoms with Gasteiger partial charge in [-0.2, -0.15) is 10.5 Å². The molecule has 2 N–H and O–H groups in total. The number of carboxylic acids is 2. The number of aromatic nitrogens is 4. The van der Waals surface area contributed by atoms with Gasteiger partial charge in [-0.1, -0.05) is 66.7 Å². The molecule has 0 unspecified atom stereocenters. The van der Waals surface area contributed by atoms with E-state index >= 15 is 0 Å². The summed E-state index contributed by atoms with van der Waals surface area (Å²) in [5, 5.41) is 38.8. The Morgan fingerprint density at radius 2 is 1.16 bits per heavy atom. The van der Waals surface area contributed by atoms with E-state index in [-0.39, 0.29) is 37.3 Å². The van der Waals surface area contributed by atoms with Gasteiger partial charge in [0.2, 0.25) is 0 Å². The van der Waals surface area contributed by atoms with E-state index in [1.165, 1.54) is 31.8 Å². The van der Waals surface area contributed by atoms with Crippen molar-refractivity contribution in [2.75, 3.05) is 6.54 Å². The van der Waals surface area contributed by atoms with Gasteiger partial charge in [0.15, 0.2) is 0 Å². The minimum absolute atomic E-state index is 0.163. The third-order valence-corrected chi connectivity index (χ3v) is 9.22. The van der Waals surface area contributed by atoms with E-state index in [9.17, 15) is 20.1 Å². The smallest absolute Gasteiger partial charge is 0.414 e. The van der Waals surface area contributed by atoms with E-state index in [1.807, 2.05) is 76.3 Å². The SMILES string of the molecule is C=CCN(Cc1nc2scc(-c3ccccc3)c2c(=O)n1CC#N)Cc1nc2scc(-c3ccccc3)c2c(=O)n1CC#N.O=C(O)C(=O)O. The maximum Gasteiger partial charge on any atom is 0.414 e. The molecule has 0 atom stereocenters. The number of hydrogen-bond donors (Lipinski definition) is 2. The first-order valence-electron chi connectivity index (χ1n) is 14.8. The fourth-order valence-corrected chi connectivity index (χ4v) is 7.18. The van der Waals surface area contributed by atoms with Gasteiger partial charge < -0.3 is 10.2 Å². The first-order chi connectivity index (χ1) is 24.2. The molecule has 0 saturated carbocycles. The Bertz CT molecular complexity index is 2250. The molecule has 0 aliphatic carbocycles. The maximum absolute atomic E-state index is 13.8. The number of thiophene rings is 2. The first kappa shape index (κ1) is 35.1. The van der Waals surface area contributed by atoms with Crippen LogP contribution in [0, 0.1) is 22.7 Å². The molecule has 0 aliphatic heterocycles. The van der Waals surface area contributed by atoms with Crippen LogP contribution in [-0.4, -0.2) is 52.7 Å². The topological polar surface area (TPSA) is 195 Å². The Hall–Kier alpha value is -6.26. The minimum Gasteiger partial charge on any atom is -0.473 e. The van der Waals surface area contributed by atoms with E-state index in [0.29, 0.717) is 38.6 Å². The molecule has 0 aliphatic rings. The van der Waals surface area contributed by atoms with Gasteiger partial charge >= 0.3 is 11.9 Å². The molecule has 4 aromatic heterocycles. The van der Waals surface area contributed by atoms with Crippen molar-refractivity contribution in [1.82, 2.24) is 24.0 Å². The van der Waals surface area contributed by atoms with Crippen molar-refractivity contribution in [2.24, 2.45) is 0 Å². The molecule has 13 nitrogen and oxygen atoms in total. The van der Waals surface area contributed by atoms with Crippen molar-refractivity contribution < 1.29 is 19.8 Å². The van der Waals surface area contributed by atoms with Gasteiger partial charge in [0, 0.05) is 28.4 Å². The van der Waals surface area contributed by atoms with Gasteiger partial charge in [-0.25, -0.2) is 19.6 Å². The molecule has 4 heterocycles. The standard InChI is InChI=1S/C33H25N7O2S2.C2H2O4/c1-2-15-38(18-26-36-30-28(32(41)39(26)16-13-34)24(20-43-30)22-9-5-3-6-10-22)19-27-37-31-29(33(42)40(27)17-14-35)25(21-44-31)23-11-7-4-8-12-23;3-1(4)2(5)6/h2-12,20-21H,1,15-19H2;(H,3,4)(H,5,6). The van der Waals surface area contributed by atoms with Crippen molar-refractivity contribution in [3.63, 3.8) is 0 Å². The van der Waals surface area contributed by atoms with E-state index in [2.05, 4.69) is 18.7 Å². The molecule has 50 heavy (non-hydrogen) atoms. The van der Waals surface area contributed by atoms with E-state index in [4.69, 9.17) is 29.8 Å². The summed E-state index contributed by atoms with van der Waals surface area (Å²) in [6.07, 6.45) is 1.72. The Kier molecular flexibility index (Phi) is 11.0.